The topological polar surface area (TPSA) is 139 Å². The van der Waals surface area contributed by atoms with Gasteiger partial charge in [0, 0.05) is 32.6 Å². The van der Waals surface area contributed by atoms with Crippen molar-refractivity contribution in [3.8, 4) is 5.75 Å². The number of rotatable bonds is 8. The van der Waals surface area contributed by atoms with Crippen LogP contribution < -0.4 is 5.32 Å². The number of aromatic nitrogens is 3. The molecule has 1 aliphatic rings. The molecule has 2 aromatic rings. The summed E-state index contributed by atoms with van der Waals surface area (Å²) in [6.07, 6.45) is 1.65. The summed E-state index contributed by atoms with van der Waals surface area (Å²) in [6.45, 7) is 16.3. The number of nitrogens with zero attached hydrogens (tertiary/aromatic N) is 5. The van der Waals surface area contributed by atoms with Crippen LogP contribution >= 0.6 is 0 Å². The van der Waals surface area contributed by atoms with E-state index in [9.17, 15) is 19.5 Å². The number of phenolic OH excluding ortho intramolecular Hbond substituents is 1. The molecule has 0 bridgehead atoms. The van der Waals surface area contributed by atoms with Crippen molar-refractivity contribution in [2.75, 3.05) is 26.2 Å². The van der Waals surface area contributed by atoms with E-state index in [4.69, 9.17) is 9.47 Å². The minimum Gasteiger partial charge on any atom is -0.508 e. The van der Waals surface area contributed by atoms with Crippen LogP contribution in [0.2, 0.25) is 0 Å². The zero-order chi connectivity index (χ0) is 31.2. The highest BCUT2D eigenvalue weighted by atomic mass is 16.6. The predicted molar refractivity (Wildman–Crippen MR) is 157 cm³/mol. The van der Waals surface area contributed by atoms with Crippen molar-refractivity contribution in [3.63, 3.8) is 0 Å². The van der Waals surface area contributed by atoms with E-state index in [0.29, 0.717) is 44.7 Å². The van der Waals surface area contributed by atoms with Crippen LogP contribution in [0.15, 0.2) is 30.5 Å². The summed E-state index contributed by atoms with van der Waals surface area (Å²) in [6, 6.07) is 5.48. The highest BCUT2D eigenvalue weighted by Crippen LogP contribution is 2.24. The Morgan fingerprint density at radius 1 is 0.929 bits per heavy atom. The van der Waals surface area contributed by atoms with E-state index in [1.165, 1.54) is 4.68 Å². The number of carbonyl (C=O) groups is 3. The van der Waals surface area contributed by atoms with Gasteiger partial charge in [0.25, 0.3) is 0 Å². The third-order valence-corrected chi connectivity index (χ3v) is 6.50. The van der Waals surface area contributed by atoms with Crippen molar-refractivity contribution in [2.24, 2.45) is 5.92 Å². The second-order valence-corrected chi connectivity index (χ2v) is 13.1. The average Bonchev–Trinajstić information content (AvgIpc) is 3.35. The lowest BCUT2D eigenvalue weighted by molar-refractivity contribution is -0.136. The van der Waals surface area contributed by atoms with Gasteiger partial charge in [-0.2, -0.15) is 0 Å². The first-order chi connectivity index (χ1) is 19.5. The van der Waals surface area contributed by atoms with Gasteiger partial charge in [0.2, 0.25) is 5.91 Å². The Labute approximate surface area is 248 Å². The summed E-state index contributed by atoms with van der Waals surface area (Å²) in [4.78, 5) is 42.4. The molecule has 1 unspecified atom stereocenters. The number of hydrogen-bond acceptors (Lipinski definition) is 8. The molecule has 0 aliphatic carbocycles. The fraction of sp³-hybridized carbons (Fsp3) is 0.633. The summed E-state index contributed by atoms with van der Waals surface area (Å²) >= 11 is 0. The molecule has 1 aromatic carbocycles. The number of nitrogens with one attached hydrogen (secondary N) is 1. The summed E-state index contributed by atoms with van der Waals surface area (Å²) < 4.78 is 12.5. The van der Waals surface area contributed by atoms with Crippen molar-refractivity contribution >= 4 is 18.1 Å². The summed E-state index contributed by atoms with van der Waals surface area (Å²) in [7, 11) is 0. The fourth-order valence-corrected chi connectivity index (χ4v) is 4.57. The van der Waals surface area contributed by atoms with Gasteiger partial charge in [0.1, 0.15) is 28.7 Å². The molecule has 1 fully saturated rings. The van der Waals surface area contributed by atoms with Crippen LogP contribution in [0.1, 0.15) is 85.2 Å². The van der Waals surface area contributed by atoms with Gasteiger partial charge in [-0.15, -0.1) is 5.10 Å². The largest absolute Gasteiger partial charge is 0.508 e. The minimum absolute atomic E-state index is 0.132. The monoisotopic (exact) mass is 586 g/mol. The molecule has 42 heavy (non-hydrogen) atoms. The van der Waals surface area contributed by atoms with Gasteiger partial charge >= 0.3 is 12.2 Å². The number of alkyl carbamates (subject to hydrolysis) is 1. The van der Waals surface area contributed by atoms with E-state index >= 15 is 0 Å². The van der Waals surface area contributed by atoms with Gasteiger partial charge in [-0.3, -0.25) is 4.79 Å². The molecule has 2 heterocycles. The number of piperazine rings is 1. The molecule has 1 aromatic heterocycles. The van der Waals surface area contributed by atoms with Crippen LogP contribution in [0.5, 0.6) is 5.75 Å². The van der Waals surface area contributed by atoms with E-state index in [1.54, 1.807) is 61.0 Å². The molecule has 1 saturated heterocycles. The van der Waals surface area contributed by atoms with Gasteiger partial charge < -0.3 is 29.7 Å². The van der Waals surface area contributed by atoms with Crippen molar-refractivity contribution in [1.82, 2.24) is 30.1 Å². The van der Waals surface area contributed by atoms with Crippen LogP contribution in [-0.2, 0) is 20.7 Å². The Morgan fingerprint density at radius 3 is 2.05 bits per heavy atom. The van der Waals surface area contributed by atoms with Gasteiger partial charge in [0.15, 0.2) is 0 Å². The highest BCUT2D eigenvalue weighted by Gasteiger charge is 2.33. The van der Waals surface area contributed by atoms with Crippen LogP contribution in [0, 0.1) is 5.92 Å². The highest BCUT2D eigenvalue weighted by molar-refractivity contribution is 5.81. The van der Waals surface area contributed by atoms with Gasteiger partial charge in [0.05, 0.1) is 12.2 Å². The van der Waals surface area contributed by atoms with Crippen molar-refractivity contribution < 1.29 is 29.0 Å². The molecule has 232 valence electrons. The second kappa shape index (κ2) is 13.4. The Bertz CT molecular complexity index is 1210. The van der Waals surface area contributed by atoms with Crippen LogP contribution in [-0.4, -0.2) is 85.4 Å². The number of phenols is 1. The lowest BCUT2D eigenvalue weighted by Gasteiger charge is -2.37. The maximum atomic E-state index is 13.9. The molecule has 3 rings (SSSR count). The first-order valence-corrected chi connectivity index (χ1v) is 14.5. The quantitative estimate of drug-likeness (QED) is 0.462. The molecule has 1 aliphatic heterocycles. The molecule has 2 atom stereocenters. The van der Waals surface area contributed by atoms with Crippen molar-refractivity contribution in [1.29, 1.82) is 0 Å². The van der Waals surface area contributed by atoms with E-state index in [-0.39, 0.29) is 17.6 Å². The van der Waals surface area contributed by atoms with Gasteiger partial charge in [-0.1, -0.05) is 31.2 Å². The lowest BCUT2D eigenvalue weighted by atomic mass is 10.0. The third kappa shape index (κ3) is 9.92. The molecule has 12 heteroatoms. The predicted octanol–water partition coefficient (Wildman–Crippen LogP) is 4.46. The first kappa shape index (κ1) is 32.7. The Balaban J connectivity index is 1.82. The standard InChI is InChI=1S/C30H46N6O6/c1-20(2)17-23(31-27(39)41-29(3,4)5)24-19-36(33-32-24)25(18-21-9-11-22(37)12-10-21)26(38)34-13-15-35(16-14-34)28(40)42-30(6,7)8/h9-12,19-20,23,25,37H,13-18H2,1-8H3,(H,31,39)/t23?,25-/m0/s1. The number of carbonyl (C=O) groups excluding carboxylic acids is 3. The number of ether oxygens (including phenoxy) is 2. The van der Waals surface area contributed by atoms with Crippen molar-refractivity contribution in [3.05, 3.63) is 41.7 Å². The third-order valence-electron chi connectivity index (χ3n) is 6.50. The van der Waals surface area contributed by atoms with Crippen LogP contribution in [0.25, 0.3) is 0 Å². The molecule has 3 amide bonds. The van der Waals surface area contributed by atoms with Crippen LogP contribution in [0.3, 0.4) is 0 Å². The Hall–Kier alpha value is -3.83. The van der Waals surface area contributed by atoms with Crippen LogP contribution in [0.4, 0.5) is 9.59 Å². The number of hydrogen-bond donors (Lipinski definition) is 2. The zero-order valence-electron chi connectivity index (χ0n) is 26.1. The van der Waals surface area contributed by atoms with E-state index in [1.807, 2.05) is 34.6 Å². The summed E-state index contributed by atoms with van der Waals surface area (Å²) in [5, 5.41) is 21.3. The fourth-order valence-electron chi connectivity index (χ4n) is 4.57. The molecule has 2 N–H and O–H groups in total. The summed E-state index contributed by atoms with van der Waals surface area (Å²) in [5.74, 6) is 0.210. The molecular weight excluding hydrogens is 540 g/mol. The smallest absolute Gasteiger partial charge is 0.410 e. The molecule has 12 nitrogen and oxygen atoms in total. The maximum absolute atomic E-state index is 13.9. The SMILES string of the molecule is CC(C)CC(NC(=O)OC(C)(C)C)c1cn([C@@H](Cc2ccc(O)cc2)C(=O)N2CCN(C(=O)OC(C)(C)C)CC2)nn1. The lowest BCUT2D eigenvalue weighted by Crippen LogP contribution is -2.53. The molecule has 0 saturated carbocycles. The van der Waals surface area contributed by atoms with Crippen molar-refractivity contribution in [2.45, 2.75) is 91.5 Å². The second-order valence-electron chi connectivity index (χ2n) is 13.1. The zero-order valence-corrected chi connectivity index (χ0v) is 26.1. The van der Waals surface area contributed by atoms with Gasteiger partial charge in [-0.05, 0) is 71.6 Å². The number of benzene rings is 1. The normalized spacial score (nSPS) is 15.7. The average molecular weight is 587 g/mol. The van der Waals surface area contributed by atoms with E-state index < -0.39 is 35.5 Å². The first-order valence-electron chi connectivity index (χ1n) is 14.5. The molecule has 0 spiro atoms. The minimum atomic E-state index is -0.731. The summed E-state index contributed by atoms with van der Waals surface area (Å²) in [5.41, 5.74) is 0.101. The van der Waals surface area contributed by atoms with E-state index in [0.717, 1.165) is 5.56 Å². The maximum Gasteiger partial charge on any atom is 0.410 e. The number of amides is 3. The Morgan fingerprint density at radius 2 is 1.50 bits per heavy atom. The van der Waals surface area contributed by atoms with Gasteiger partial charge in [-0.25, -0.2) is 14.3 Å². The Kier molecular flexibility index (Phi) is 10.5. The van der Waals surface area contributed by atoms with E-state index in [2.05, 4.69) is 15.6 Å². The molecule has 0 radical (unpaired) electrons. The number of aromatic hydroxyl groups is 1. The molecular formula is C30H46N6O6.